The molecule has 0 aliphatic rings. The summed E-state index contributed by atoms with van der Waals surface area (Å²) in [4.78, 5) is 15.7. The summed E-state index contributed by atoms with van der Waals surface area (Å²) in [5.74, 6) is 0.484. The van der Waals surface area contributed by atoms with E-state index in [9.17, 15) is 4.79 Å². The topological polar surface area (TPSA) is 71.8 Å². The maximum atomic E-state index is 11.4. The van der Waals surface area contributed by atoms with E-state index >= 15 is 0 Å². The number of carbonyl (C=O) groups excluding carboxylic acids is 1. The van der Waals surface area contributed by atoms with Gasteiger partial charge in [0.1, 0.15) is 0 Å². The molecule has 0 aliphatic carbocycles. The molecule has 0 fully saturated rings. The van der Waals surface area contributed by atoms with E-state index < -0.39 is 0 Å². The molecule has 0 spiro atoms. The maximum absolute atomic E-state index is 11.4. The second-order valence-corrected chi connectivity index (χ2v) is 4.03. The third-order valence-corrected chi connectivity index (χ3v) is 2.67. The van der Waals surface area contributed by atoms with Crippen LogP contribution in [0.4, 0.5) is 0 Å². The third-order valence-electron chi connectivity index (χ3n) is 2.67. The van der Waals surface area contributed by atoms with Gasteiger partial charge >= 0.3 is 0 Å². The van der Waals surface area contributed by atoms with Crippen LogP contribution in [0.3, 0.4) is 0 Å². The Morgan fingerprint density at radius 1 is 1.37 bits per heavy atom. The molecule has 0 aromatic carbocycles. The summed E-state index contributed by atoms with van der Waals surface area (Å²) in [5.41, 5.74) is 1.49. The first-order chi connectivity index (χ1) is 9.24. The van der Waals surface area contributed by atoms with E-state index in [0.717, 1.165) is 18.7 Å². The fourth-order valence-electron chi connectivity index (χ4n) is 1.63. The summed E-state index contributed by atoms with van der Waals surface area (Å²) >= 11 is 0. The summed E-state index contributed by atoms with van der Waals surface area (Å²) in [6, 6.07) is 5.53. The van der Waals surface area contributed by atoms with Crippen LogP contribution in [0.25, 0.3) is 5.82 Å². The lowest BCUT2D eigenvalue weighted by Gasteiger charge is -2.03. The van der Waals surface area contributed by atoms with Crippen molar-refractivity contribution in [2.75, 3.05) is 13.6 Å². The highest BCUT2D eigenvalue weighted by atomic mass is 16.1. The molecule has 2 rings (SSSR count). The SMILES string of the molecule is CCNCc1ccc(-n2ccc(C(=O)NC)n2)nc1. The first-order valence-corrected chi connectivity index (χ1v) is 6.18. The minimum absolute atomic E-state index is 0.206. The van der Waals surface area contributed by atoms with Crippen LogP contribution < -0.4 is 10.6 Å². The quantitative estimate of drug-likeness (QED) is 0.830. The van der Waals surface area contributed by atoms with Gasteiger partial charge < -0.3 is 10.6 Å². The number of nitrogens with one attached hydrogen (secondary N) is 2. The standard InChI is InChI=1S/C13H17N5O/c1-3-15-8-10-4-5-12(16-9-10)18-7-6-11(17-18)13(19)14-2/h4-7,9,15H,3,8H2,1-2H3,(H,14,19). The zero-order valence-electron chi connectivity index (χ0n) is 11.1. The van der Waals surface area contributed by atoms with Gasteiger partial charge in [-0.1, -0.05) is 13.0 Å². The Hall–Kier alpha value is -2.21. The summed E-state index contributed by atoms with van der Waals surface area (Å²) in [6.07, 6.45) is 3.52. The molecule has 1 amide bonds. The lowest BCUT2D eigenvalue weighted by atomic mass is 10.3. The van der Waals surface area contributed by atoms with Gasteiger partial charge in [-0.2, -0.15) is 5.10 Å². The molecule has 0 saturated carbocycles. The number of hydrogen-bond acceptors (Lipinski definition) is 4. The Labute approximate surface area is 111 Å². The molecular formula is C13H17N5O. The second kappa shape index (κ2) is 6.10. The molecule has 2 aromatic heterocycles. The zero-order chi connectivity index (χ0) is 13.7. The predicted octanol–water partition coefficient (Wildman–Crippen LogP) is 0.736. The maximum Gasteiger partial charge on any atom is 0.271 e. The molecule has 2 heterocycles. The summed E-state index contributed by atoms with van der Waals surface area (Å²) in [5, 5.41) is 9.94. The summed E-state index contributed by atoms with van der Waals surface area (Å²) in [6.45, 7) is 3.79. The Morgan fingerprint density at radius 3 is 2.84 bits per heavy atom. The van der Waals surface area contributed by atoms with Crippen molar-refractivity contribution in [3.8, 4) is 5.82 Å². The fourth-order valence-corrected chi connectivity index (χ4v) is 1.63. The van der Waals surface area contributed by atoms with Crippen molar-refractivity contribution >= 4 is 5.91 Å². The number of aromatic nitrogens is 3. The molecule has 0 aliphatic heterocycles. The Morgan fingerprint density at radius 2 is 2.21 bits per heavy atom. The van der Waals surface area contributed by atoms with E-state index in [1.165, 1.54) is 0 Å². The van der Waals surface area contributed by atoms with Crippen molar-refractivity contribution in [2.24, 2.45) is 0 Å². The number of nitrogens with zero attached hydrogens (tertiary/aromatic N) is 3. The highest BCUT2D eigenvalue weighted by Crippen LogP contribution is 2.06. The third kappa shape index (κ3) is 3.17. The monoisotopic (exact) mass is 259 g/mol. The average Bonchev–Trinajstić information content (AvgIpc) is 2.94. The van der Waals surface area contributed by atoms with Crippen molar-refractivity contribution in [1.82, 2.24) is 25.4 Å². The van der Waals surface area contributed by atoms with Gasteiger partial charge in [-0.3, -0.25) is 4.79 Å². The highest BCUT2D eigenvalue weighted by molar-refractivity contribution is 5.91. The van der Waals surface area contributed by atoms with Crippen LogP contribution in [-0.4, -0.2) is 34.3 Å². The predicted molar refractivity (Wildman–Crippen MR) is 72.1 cm³/mol. The lowest BCUT2D eigenvalue weighted by Crippen LogP contribution is -2.18. The lowest BCUT2D eigenvalue weighted by molar-refractivity contribution is 0.0957. The Bertz CT molecular complexity index is 546. The molecule has 0 saturated heterocycles. The van der Waals surface area contributed by atoms with Crippen LogP contribution in [0, 0.1) is 0 Å². The molecule has 0 atom stereocenters. The molecule has 0 bridgehead atoms. The number of carbonyl (C=O) groups is 1. The molecule has 2 N–H and O–H groups in total. The van der Waals surface area contributed by atoms with E-state index in [1.807, 2.05) is 12.1 Å². The molecule has 0 unspecified atom stereocenters. The summed E-state index contributed by atoms with van der Waals surface area (Å²) in [7, 11) is 1.58. The molecule has 6 heteroatoms. The Balaban J connectivity index is 2.13. The van der Waals surface area contributed by atoms with Gasteiger partial charge in [0.15, 0.2) is 11.5 Å². The van der Waals surface area contributed by atoms with Crippen LogP contribution in [0.2, 0.25) is 0 Å². The molecule has 6 nitrogen and oxygen atoms in total. The minimum atomic E-state index is -0.206. The van der Waals surface area contributed by atoms with Crippen LogP contribution in [-0.2, 0) is 6.54 Å². The van der Waals surface area contributed by atoms with Gasteiger partial charge in [0.25, 0.3) is 5.91 Å². The number of rotatable bonds is 5. The number of hydrogen-bond donors (Lipinski definition) is 2. The zero-order valence-corrected chi connectivity index (χ0v) is 11.1. The van der Waals surface area contributed by atoms with Crippen molar-refractivity contribution in [2.45, 2.75) is 13.5 Å². The van der Waals surface area contributed by atoms with Gasteiger partial charge in [0.05, 0.1) is 0 Å². The first kappa shape index (κ1) is 13.2. The summed E-state index contributed by atoms with van der Waals surface area (Å²) < 4.78 is 1.58. The van der Waals surface area contributed by atoms with Crippen LogP contribution in [0.15, 0.2) is 30.6 Å². The van der Waals surface area contributed by atoms with E-state index in [-0.39, 0.29) is 5.91 Å². The van der Waals surface area contributed by atoms with Crippen LogP contribution >= 0.6 is 0 Å². The van der Waals surface area contributed by atoms with E-state index in [4.69, 9.17) is 0 Å². The average molecular weight is 259 g/mol. The molecule has 19 heavy (non-hydrogen) atoms. The number of amides is 1. The Kier molecular flexibility index (Phi) is 4.25. The van der Waals surface area contributed by atoms with Crippen molar-refractivity contribution in [1.29, 1.82) is 0 Å². The van der Waals surface area contributed by atoms with Gasteiger partial charge in [0.2, 0.25) is 0 Å². The largest absolute Gasteiger partial charge is 0.354 e. The number of pyridine rings is 1. The van der Waals surface area contributed by atoms with Crippen LogP contribution in [0.1, 0.15) is 23.0 Å². The minimum Gasteiger partial charge on any atom is -0.354 e. The molecule has 100 valence electrons. The van der Waals surface area contributed by atoms with Gasteiger partial charge in [-0.15, -0.1) is 0 Å². The van der Waals surface area contributed by atoms with E-state index in [2.05, 4.69) is 27.6 Å². The van der Waals surface area contributed by atoms with Gasteiger partial charge in [-0.05, 0) is 24.2 Å². The van der Waals surface area contributed by atoms with E-state index in [0.29, 0.717) is 11.5 Å². The van der Waals surface area contributed by atoms with Gasteiger partial charge in [0, 0.05) is 26.0 Å². The van der Waals surface area contributed by atoms with Gasteiger partial charge in [-0.25, -0.2) is 9.67 Å². The normalized spacial score (nSPS) is 10.4. The highest BCUT2D eigenvalue weighted by Gasteiger charge is 2.08. The first-order valence-electron chi connectivity index (χ1n) is 6.18. The second-order valence-electron chi connectivity index (χ2n) is 4.03. The van der Waals surface area contributed by atoms with Crippen molar-refractivity contribution in [3.05, 3.63) is 41.9 Å². The smallest absolute Gasteiger partial charge is 0.271 e. The van der Waals surface area contributed by atoms with Crippen LogP contribution in [0.5, 0.6) is 0 Å². The molecule has 0 radical (unpaired) electrons. The molecular weight excluding hydrogens is 242 g/mol. The van der Waals surface area contributed by atoms with E-state index in [1.54, 1.807) is 30.2 Å². The fraction of sp³-hybridized carbons (Fsp3) is 0.308. The molecule has 2 aromatic rings. The van der Waals surface area contributed by atoms with Crippen molar-refractivity contribution < 1.29 is 4.79 Å². The van der Waals surface area contributed by atoms with Crippen molar-refractivity contribution in [3.63, 3.8) is 0 Å².